The fourth-order valence-corrected chi connectivity index (χ4v) is 1.50. The van der Waals surface area contributed by atoms with Crippen LogP contribution in [0.3, 0.4) is 0 Å². The normalized spacial score (nSPS) is 11.7. The lowest BCUT2D eigenvalue weighted by Gasteiger charge is -2.09. The first-order valence-corrected chi connectivity index (χ1v) is 6.81. The van der Waals surface area contributed by atoms with Gasteiger partial charge in [-0.05, 0) is 18.6 Å². The number of hydrogen-bond donors (Lipinski definition) is 2. The third kappa shape index (κ3) is 5.31. The van der Waals surface area contributed by atoms with Gasteiger partial charge in [0.15, 0.2) is 0 Å². The Labute approximate surface area is 115 Å². The second kappa shape index (κ2) is 7.87. The molecule has 0 fully saturated rings. The Morgan fingerprint density at radius 1 is 1.28 bits per heavy atom. The van der Waals surface area contributed by atoms with Gasteiger partial charge in [-0.1, -0.05) is 41.1 Å². The summed E-state index contributed by atoms with van der Waals surface area (Å²) < 4.78 is 0. The molecule has 1 aromatic carbocycles. The Hall–Kier alpha value is -1.36. The van der Waals surface area contributed by atoms with Crippen molar-refractivity contribution in [2.75, 3.05) is 11.9 Å². The summed E-state index contributed by atoms with van der Waals surface area (Å²) in [6.45, 7) is 2.26. The topological polar surface area (TPSA) is 58.2 Å². The fourth-order valence-electron chi connectivity index (χ4n) is 1.34. The zero-order valence-corrected chi connectivity index (χ0v) is 11.9. The van der Waals surface area contributed by atoms with Gasteiger partial charge in [0.1, 0.15) is 0 Å². The molecule has 0 spiro atoms. The lowest BCUT2D eigenvalue weighted by molar-refractivity contribution is -0.120. The molecule has 0 heterocycles. The summed E-state index contributed by atoms with van der Waals surface area (Å²) >= 11 is 3.25. The van der Waals surface area contributed by atoms with E-state index in [2.05, 4.69) is 26.6 Å². The van der Waals surface area contributed by atoms with E-state index >= 15 is 0 Å². The molecule has 0 aliphatic carbocycles. The molecule has 0 aromatic heterocycles. The average molecular weight is 313 g/mol. The molecule has 2 amide bonds. The van der Waals surface area contributed by atoms with Gasteiger partial charge in [0.2, 0.25) is 11.8 Å². The molecule has 5 heteroatoms. The van der Waals surface area contributed by atoms with Gasteiger partial charge >= 0.3 is 0 Å². The number of benzene rings is 1. The van der Waals surface area contributed by atoms with Crippen molar-refractivity contribution in [3.05, 3.63) is 30.3 Å². The van der Waals surface area contributed by atoms with Crippen LogP contribution in [0.1, 0.15) is 19.8 Å². The van der Waals surface area contributed by atoms with Crippen molar-refractivity contribution in [3.8, 4) is 0 Å². The fraction of sp³-hybridized carbons (Fsp3) is 0.385. The van der Waals surface area contributed by atoms with E-state index in [0.29, 0.717) is 6.54 Å². The van der Waals surface area contributed by atoms with Gasteiger partial charge < -0.3 is 10.6 Å². The highest BCUT2D eigenvalue weighted by Crippen LogP contribution is 2.05. The van der Waals surface area contributed by atoms with Gasteiger partial charge in [0.05, 0.1) is 4.83 Å². The van der Waals surface area contributed by atoms with Crippen molar-refractivity contribution in [1.82, 2.24) is 5.32 Å². The van der Waals surface area contributed by atoms with Gasteiger partial charge in [-0.25, -0.2) is 0 Å². The van der Waals surface area contributed by atoms with E-state index in [1.807, 2.05) is 37.3 Å². The maximum Gasteiger partial charge on any atom is 0.233 e. The first-order chi connectivity index (χ1) is 8.63. The van der Waals surface area contributed by atoms with Crippen molar-refractivity contribution in [1.29, 1.82) is 0 Å². The Kier molecular flexibility index (Phi) is 6.43. The minimum Gasteiger partial charge on any atom is -0.355 e. The van der Waals surface area contributed by atoms with Gasteiger partial charge in [-0.3, -0.25) is 9.59 Å². The number of hydrogen-bond acceptors (Lipinski definition) is 2. The summed E-state index contributed by atoms with van der Waals surface area (Å²) in [6, 6.07) is 9.24. The number of rotatable bonds is 6. The lowest BCUT2D eigenvalue weighted by Crippen LogP contribution is -2.33. The van der Waals surface area contributed by atoms with Gasteiger partial charge in [-0.2, -0.15) is 0 Å². The van der Waals surface area contributed by atoms with Crippen LogP contribution in [-0.2, 0) is 9.59 Å². The molecule has 1 aromatic rings. The zero-order valence-electron chi connectivity index (χ0n) is 10.3. The predicted octanol–water partition coefficient (Wildman–Crippen LogP) is 2.30. The Morgan fingerprint density at radius 3 is 2.56 bits per heavy atom. The second-order valence-corrected chi connectivity index (χ2v) is 4.94. The summed E-state index contributed by atoms with van der Waals surface area (Å²) in [5.74, 6) is -0.186. The third-order valence-corrected chi connectivity index (χ3v) is 3.42. The molecule has 0 aliphatic rings. The lowest BCUT2D eigenvalue weighted by atomic mass is 10.3. The highest BCUT2D eigenvalue weighted by atomic mass is 79.9. The molecule has 98 valence electrons. The van der Waals surface area contributed by atoms with Crippen LogP contribution >= 0.6 is 15.9 Å². The van der Waals surface area contributed by atoms with Crippen molar-refractivity contribution in [2.24, 2.45) is 0 Å². The SMILES string of the molecule is CCC(Br)C(=O)NCCC(=O)Nc1ccccc1. The van der Waals surface area contributed by atoms with Gasteiger partial charge in [-0.15, -0.1) is 0 Å². The van der Waals surface area contributed by atoms with E-state index in [0.717, 1.165) is 12.1 Å². The highest BCUT2D eigenvalue weighted by molar-refractivity contribution is 9.10. The van der Waals surface area contributed by atoms with Crippen molar-refractivity contribution in [2.45, 2.75) is 24.6 Å². The van der Waals surface area contributed by atoms with E-state index in [1.165, 1.54) is 0 Å². The van der Waals surface area contributed by atoms with Crippen LogP contribution in [0.25, 0.3) is 0 Å². The molecule has 1 rings (SSSR count). The summed E-state index contributed by atoms with van der Waals surface area (Å²) in [4.78, 5) is 22.8. The van der Waals surface area contributed by atoms with Crippen molar-refractivity contribution in [3.63, 3.8) is 0 Å². The molecule has 18 heavy (non-hydrogen) atoms. The number of anilines is 1. The summed E-state index contributed by atoms with van der Waals surface area (Å²) in [6.07, 6.45) is 0.992. The minimum absolute atomic E-state index is 0.0787. The minimum atomic E-state index is -0.185. The van der Waals surface area contributed by atoms with E-state index in [4.69, 9.17) is 0 Å². The highest BCUT2D eigenvalue weighted by Gasteiger charge is 2.11. The van der Waals surface area contributed by atoms with Gasteiger partial charge in [0, 0.05) is 18.7 Å². The number of alkyl halides is 1. The Bertz CT molecular complexity index is 395. The van der Waals surface area contributed by atoms with Gasteiger partial charge in [0.25, 0.3) is 0 Å². The third-order valence-electron chi connectivity index (χ3n) is 2.35. The molecule has 4 nitrogen and oxygen atoms in total. The smallest absolute Gasteiger partial charge is 0.233 e. The average Bonchev–Trinajstić information content (AvgIpc) is 2.38. The number of amides is 2. The molecule has 0 saturated carbocycles. The molecule has 0 aliphatic heterocycles. The quantitative estimate of drug-likeness (QED) is 0.792. The van der Waals surface area contributed by atoms with E-state index in [9.17, 15) is 9.59 Å². The number of nitrogens with one attached hydrogen (secondary N) is 2. The molecular weight excluding hydrogens is 296 g/mol. The summed E-state index contributed by atoms with van der Waals surface area (Å²) in [5.41, 5.74) is 0.765. The van der Waals surface area contributed by atoms with Crippen LogP contribution in [-0.4, -0.2) is 23.2 Å². The van der Waals surface area contributed by atoms with Crippen LogP contribution in [0.4, 0.5) is 5.69 Å². The van der Waals surface area contributed by atoms with E-state index in [-0.39, 0.29) is 23.1 Å². The predicted molar refractivity (Wildman–Crippen MR) is 75.7 cm³/mol. The first-order valence-electron chi connectivity index (χ1n) is 5.90. The van der Waals surface area contributed by atoms with Crippen LogP contribution in [0.2, 0.25) is 0 Å². The largest absolute Gasteiger partial charge is 0.355 e. The van der Waals surface area contributed by atoms with Crippen LogP contribution in [0.15, 0.2) is 30.3 Å². The van der Waals surface area contributed by atoms with Crippen LogP contribution in [0.5, 0.6) is 0 Å². The van der Waals surface area contributed by atoms with E-state index < -0.39 is 0 Å². The summed E-state index contributed by atoms with van der Waals surface area (Å²) in [7, 11) is 0. The van der Waals surface area contributed by atoms with Crippen molar-refractivity contribution >= 4 is 33.4 Å². The molecule has 2 N–H and O–H groups in total. The van der Waals surface area contributed by atoms with E-state index in [1.54, 1.807) is 0 Å². The number of carbonyl (C=O) groups excluding carboxylic acids is 2. The maximum atomic E-state index is 11.6. The second-order valence-electron chi connectivity index (χ2n) is 3.83. The summed E-state index contributed by atoms with van der Waals surface area (Å²) in [5, 5.41) is 5.46. The standard InChI is InChI=1S/C13H17BrN2O2/c1-2-11(14)13(18)15-9-8-12(17)16-10-6-4-3-5-7-10/h3-7,11H,2,8-9H2,1H3,(H,15,18)(H,16,17). The van der Waals surface area contributed by atoms with Crippen molar-refractivity contribution < 1.29 is 9.59 Å². The van der Waals surface area contributed by atoms with Crippen LogP contribution in [0, 0.1) is 0 Å². The van der Waals surface area contributed by atoms with Crippen LogP contribution < -0.4 is 10.6 Å². The number of carbonyl (C=O) groups is 2. The maximum absolute atomic E-state index is 11.6. The molecule has 0 saturated heterocycles. The molecule has 1 atom stereocenters. The molecule has 1 unspecified atom stereocenters. The molecule has 0 radical (unpaired) electrons. The number of para-hydroxylation sites is 1. The number of halogens is 1. The monoisotopic (exact) mass is 312 g/mol. The zero-order chi connectivity index (χ0) is 13.4. The molecular formula is C13H17BrN2O2. The Morgan fingerprint density at radius 2 is 1.94 bits per heavy atom. The molecule has 0 bridgehead atoms. The first kappa shape index (κ1) is 14.7. The Balaban J connectivity index is 2.24.